The summed E-state index contributed by atoms with van der Waals surface area (Å²) in [7, 11) is 1.70. The molecule has 2 aliphatic rings. The van der Waals surface area contributed by atoms with Crippen LogP contribution in [0.25, 0.3) is 10.9 Å². The van der Waals surface area contributed by atoms with Gasteiger partial charge in [0.05, 0.1) is 16.1 Å². The first-order valence-electron chi connectivity index (χ1n) is 11.3. The Hall–Kier alpha value is -2.51. The van der Waals surface area contributed by atoms with Gasteiger partial charge in [0.1, 0.15) is 5.78 Å². The number of halogens is 5. The van der Waals surface area contributed by atoms with Crippen LogP contribution in [0.2, 0.25) is 10.0 Å². The number of carbonyl (C=O) groups is 2. The summed E-state index contributed by atoms with van der Waals surface area (Å²) in [5.74, 6) is 0.477. The number of nitrogens with zero attached hydrogens (tertiary/aromatic N) is 2. The van der Waals surface area contributed by atoms with Crippen molar-refractivity contribution in [2.24, 2.45) is 24.8 Å². The minimum atomic E-state index is -4.44. The molecule has 0 N–H and O–H groups in total. The van der Waals surface area contributed by atoms with Crippen molar-refractivity contribution in [3.05, 3.63) is 68.3 Å². The second-order valence-electron chi connectivity index (χ2n) is 9.66. The van der Waals surface area contributed by atoms with Crippen LogP contribution in [0.15, 0.2) is 30.3 Å². The van der Waals surface area contributed by atoms with Crippen LogP contribution >= 0.6 is 23.2 Å². The first kappa shape index (κ1) is 24.2. The molecule has 4 nitrogen and oxygen atoms in total. The molecule has 1 aliphatic carbocycles. The molecule has 35 heavy (non-hydrogen) atoms. The maximum Gasteiger partial charge on any atom is 0.416 e. The highest BCUT2D eigenvalue weighted by molar-refractivity contribution is 6.38. The molecule has 9 heteroatoms. The molecule has 3 atom stereocenters. The van der Waals surface area contributed by atoms with Crippen LogP contribution in [-0.4, -0.2) is 34.2 Å². The molecule has 1 aromatic heterocycles. The van der Waals surface area contributed by atoms with Gasteiger partial charge < -0.3 is 9.47 Å². The van der Waals surface area contributed by atoms with Crippen LogP contribution in [0, 0.1) is 24.7 Å². The Balaban J connectivity index is 1.45. The third kappa shape index (κ3) is 4.02. The minimum absolute atomic E-state index is 0.0584. The van der Waals surface area contributed by atoms with E-state index in [1.807, 2.05) is 6.07 Å². The van der Waals surface area contributed by atoms with E-state index in [1.165, 1.54) is 0 Å². The van der Waals surface area contributed by atoms with Gasteiger partial charge in [-0.1, -0.05) is 23.2 Å². The molecule has 1 saturated heterocycles. The average Bonchev–Trinajstić information content (AvgIpc) is 3.11. The lowest BCUT2D eigenvalue weighted by atomic mass is 10.0. The quantitative estimate of drug-likeness (QED) is 0.402. The van der Waals surface area contributed by atoms with Crippen molar-refractivity contribution in [2.75, 3.05) is 13.1 Å². The fourth-order valence-corrected chi connectivity index (χ4v) is 6.15. The van der Waals surface area contributed by atoms with E-state index in [0.717, 1.165) is 17.8 Å². The van der Waals surface area contributed by atoms with Crippen LogP contribution in [-0.2, 0) is 24.4 Å². The number of aryl methyl sites for hydroxylation is 2. The Morgan fingerprint density at radius 1 is 1.09 bits per heavy atom. The predicted octanol–water partition coefficient (Wildman–Crippen LogP) is 6.31. The van der Waals surface area contributed by atoms with E-state index in [0.29, 0.717) is 45.7 Å². The van der Waals surface area contributed by atoms with E-state index in [4.69, 9.17) is 23.2 Å². The monoisotopic (exact) mass is 522 g/mol. The van der Waals surface area contributed by atoms with Gasteiger partial charge in [-0.2, -0.15) is 13.2 Å². The summed E-state index contributed by atoms with van der Waals surface area (Å²) in [5, 5.41) is 1.33. The van der Waals surface area contributed by atoms with Gasteiger partial charge in [-0.15, -0.1) is 0 Å². The second kappa shape index (κ2) is 8.27. The number of ketones is 1. The number of carbonyl (C=O) groups excluding carboxylic acids is 2. The van der Waals surface area contributed by atoms with Gasteiger partial charge in [0.25, 0.3) is 5.91 Å². The van der Waals surface area contributed by atoms with Gasteiger partial charge in [-0.25, -0.2) is 0 Å². The lowest BCUT2D eigenvalue weighted by molar-refractivity contribution is -0.137. The number of hydrogen-bond acceptors (Lipinski definition) is 2. The molecule has 0 bridgehead atoms. The molecule has 184 valence electrons. The number of alkyl halides is 3. The van der Waals surface area contributed by atoms with Crippen LogP contribution in [0.1, 0.15) is 39.7 Å². The number of rotatable bonds is 4. The SMILES string of the molecule is CC(=O)C1[C@H]2CN(C(=O)c3ccc(Cl)c(Cc4cc5c(C)cc(C(F)(F)F)cc5n4C)c3Cl)C[C@@H]12. The first-order chi connectivity index (χ1) is 16.4. The number of hydrogen-bond donors (Lipinski definition) is 0. The molecule has 1 aliphatic heterocycles. The van der Waals surface area contributed by atoms with Crippen molar-refractivity contribution in [1.29, 1.82) is 0 Å². The summed E-state index contributed by atoms with van der Waals surface area (Å²) in [5.41, 5.74) is 1.89. The van der Waals surface area contributed by atoms with E-state index in [1.54, 1.807) is 42.5 Å². The van der Waals surface area contributed by atoms with Crippen LogP contribution in [0.4, 0.5) is 13.2 Å². The second-order valence-corrected chi connectivity index (χ2v) is 10.4. The highest BCUT2D eigenvalue weighted by Gasteiger charge is 2.58. The Morgan fingerprint density at radius 2 is 1.74 bits per heavy atom. The van der Waals surface area contributed by atoms with Gasteiger partial charge in [-0.3, -0.25) is 9.59 Å². The van der Waals surface area contributed by atoms with Gasteiger partial charge in [0, 0.05) is 54.1 Å². The molecular weight excluding hydrogens is 500 g/mol. The molecule has 2 fully saturated rings. The maximum atomic E-state index is 13.3. The molecule has 2 heterocycles. The Kier molecular flexibility index (Phi) is 5.72. The molecule has 3 aromatic rings. The van der Waals surface area contributed by atoms with Crippen LogP contribution in [0.5, 0.6) is 0 Å². The van der Waals surface area contributed by atoms with Crippen LogP contribution < -0.4 is 0 Å². The van der Waals surface area contributed by atoms with Crippen molar-refractivity contribution >= 4 is 45.8 Å². The summed E-state index contributed by atoms with van der Waals surface area (Å²) in [6.45, 7) is 4.31. The number of amides is 1. The highest BCUT2D eigenvalue weighted by atomic mass is 35.5. The number of Topliss-reactive ketones (excluding diaryl/α,β-unsaturated/α-hetero) is 1. The van der Waals surface area contributed by atoms with Gasteiger partial charge in [0.15, 0.2) is 0 Å². The first-order valence-corrected chi connectivity index (χ1v) is 12.1. The van der Waals surface area contributed by atoms with Crippen molar-refractivity contribution in [2.45, 2.75) is 26.4 Å². The topological polar surface area (TPSA) is 42.3 Å². The molecule has 1 unspecified atom stereocenters. The summed E-state index contributed by atoms with van der Waals surface area (Å²) in [4.78, 5) is 26.6. The average molecular weight is 523 g/mol. The molecule has 2 aromatic carbocycles. The number of fused-ring (bicyclic) bond motifs is 2. The third-order valence-corrected chi connectivity index (χ3v) is 8.31. The van der Waals surface area contributed by atoms with Crippen molar-refractivity contribution < 1.29 is 22.8 Å². The summed E-state index contributed by atoms with van der Waals surface area (Å²) < 4.78 is 41.7. The number of aromatic nitrogens is 1. The van der Waals surface area contributed by atoms with E-state index in [2.05, 4.69) is 0 Å². The molecule has 5 rings (SSSR count). The molecule has 0 radical (unpaired) electrons. The summed E-state index contributed by atoms with van der Waals surface area (Å²) in [6, 6.07) is 7.34. The third-order valence-electron chi connectivity index (χ3n) is 7.52. The van der Waals surface area contributed by atoms with Crippen LogP contribution in [0.3, 0.4) is 0 Å². The Morgan fingerprint density at radius 3 is 2.34 bits per heavy atom. The fraction of sp³-hybridized carbons (Fsp3) is 0.385. The van der Waals surface area contributed by atoms with Gasteiger partial charge >= 0.3 is 6.18 Å². The van der Waals surface area contributed by atoms with Crippen molar-refractivity contribution in [3.63, 3.8) is 0 Å². The van der Waals surface area contributed by atoms with Gasteiger partial charge in [-0.05, 0) is 67.1 Å². The van der Waals surface area contributed by atoms with E-state index in [-0.39, 0.29) is 40.9 Å². The molecular formula is C26H23Cl2F3N2O2. The normalized spacial score (nSPS) is 21.5. The number of likely N-dealkylation sites (tertiary alicyclic amines) is 1. The largest absolute Gasteiger partial charge is 0.416 e. The minimum Gasteiger partial charge on any atom is -0.347 e. The predicted molar refractivity (Wildman–Crippen MR) is 129 cm³/mol. The van der Waals surface area contributed by atoms with E-state index < -0.39 is 11.7 Å². The molecule has 1 amide bonds. The maximum absolute atomic E-state index is 13.3. The Bertz CT molecular complexity index is 1380. The van der Waals surface area contributed by atoms with Gasteiger partial charge in [0.2, 0.25) is 0 Å². The van der Waals surface area contributed by atoms with E-state index >= 15 is 0 Å². The number of benzene rings is 2. The number of piperidine rings is 1. The zero-order valence-corrected chi connectivity index (χ0v) is 20.9. The van der Waals surface area contributed by atoms with E-state index in [9.17, 15) is 22.8 Å². The summed E-state index contributed by atoms with van der Waals surface area (Å²) in [6.07, 6.45) is -4.19. The highest BCUT2D eigenvalue weighted by Crippen LogP contribution is 2.52. The standard InChI is InChI=1S/C26H23Cl2F3N2O2/c1-12-6-14(26(29,30)31)7-22-17(12)8-15(32(22)3)9-18-21(27)5-4-16(24(18)28)25(35)33-10-19-20(11-33)23(19)13(2)34/h4-8,19-20,23H,9-11H2,1-3H3/t19-,20+,23?. The lowest BCUT2D eigenvalue weighted by Gasteiger charge is -2.21. The smallest absolute Gasteiger partial charge is 0.347 e. The Labute approximate surface area is 210 Å². The summed E-state index contributed by atoms with van der Waals surface area (Å²) >= 11 is 13.1. The zero-order chi connectivity index (χ0) is 25.4. The fourth-order valence-electron chi connectivity index (χ4n) is 5.57. The van der Waals surface area contributed by atoms with Crippen molar-refractivity contribution in [1.82, 2.24) is 9.47 Å². The van der Waals surface area contributed by atoms with Crippen molar-refractivity contribution in [3.8, 4) is 0 Å². The zero-order valence-electron chi connectivity index (χ0n) is 19.3. The lowest BCUT2D eigenvalue weighted by Crippen LogP contribution is -2.32. The molecule has 0 spiro atoms. The molecule has 1 saturated carbocycles.